The van der Waals surface area contributed by atoms with E-state index in [1.54, 1.807) is 12.1 Å². The van der Waals surface area contributed by atoms with Gasteiger partial charge in [0.2, 0.25) is 0 Å². The van der Waals surface area contributed by atoms with Crippen LogP contribution in [0.25, 0.3) is 0 Å². The van der Waals surface area contributed by atoms with E-state index in [0.29, 0.717) is 0 Å². The minimum Gasteiger partial charge on any atom is -0.310 e. The molecule has 120 valence electrons. The lowest BCUT2D eigenvalue weighted by molar-refractivity contribution is 0.456. The molecular weight excluding hydrogens is 261 g/mol. The van der Waals surface area contributed by atoms with Crippen molar-refractivity contribution in [1.29, 1.82) is 0 Å². The molecule has 1 atom stereocenters. The van der Waals surface area contributed by atoms with E-state index in [4.69, 9.17) is 0 Å². The summed E-state index contributed by atoms with van der Waals surface area (Å²) in [4.78, 5) is 0. The Morgan fingerprint density at radius 1 is 0.905 bits per heavy atom. The zero-order valence-electron chi connectivity index (χ0n) is 13.8. The van der Waals surface area contributed by atoms with Gasteiger partial charge < -0.3 is 5.32 Å². The van der Waals surface area contributed by atoms with E-state index in [0.717, 1.165) is 18.5 Å². The molecule has 21 heavy (non-hydrogen) atoms. The zero-order chi connectivity index (χ0) is 15.3. The van der Waals surface area contributed by atoms with Crippen molar-refractivity contribution in [2.75, 3.05) is 6.54 Å². The molecule has 0 amide bonds. The van der Waals surface area contributed by atoms with E-state index in [9.17, 15) is 4.39 Å². The lowest BCUT2D eigenvalue weighted by Crippen LogP contribution is -2.21. The maximum absolute atomic E-state index is 13.9. The lowest BCUT2D eigenvalue weighted by Gasteiger charge is -2.19. The van der Waals surface area contributed by atoms with E-state index in [1.165, 1.54) is 51.4 Å². The van der Waals surface area contributed by atoms with Crippen LogP contribution in [0.2, 0.25) is 0 Å². The van der Waals surface area contributed by atoms with Gasteiger partial charge >= 0.3 is 0 Å². The molecule has 1 N–H and O–H groups in total. The third kappa shape index (κ3) is 7.61. The van der Waals surface area contributed by atoms with Crippen molar-refractivity contribution in [3.05, 3.63) is 35.6 Å². The predicted molar refractivity (Wildman–Crippen MR) is 90.0 cm³/mol. The van der Waals surface area contributed by atoms with Crippen LogP contribution in [0.15, 0.2) is 24.3 Å². The lowest BCUT2D eigenvalue weighted by atomic mass is 9.99. The molecule has 1 unspecified atom stereocenters. The SMILES string of the molecule is CCCCCCCCCCC(NCC)c1ccccc1F. The Hall–Kier alpha value is -0.890. The van der Waals surface area contributed by atoms with Crippen molar-refractivity contribution in [2.24, 2.45) is 0 Å². The molecule has 0 saturated heterocycles. The molecule has 0 saturated carbocycles. The summed E-state index contributed by atoms with van der Waals surface area (Å²) in [7, 11) is 0. The monoisotopic (exact) mass is 293 g/mol. The largest absolute Gasteiger partial charge is 0.310 e. The second kappa shape index (κ2) is 11.7. The molecule has 0 aliphatic carbocycles. The van der Waals surface area contributed by atoms with Crippen molar-refractivity contribution in [1.82, 2.24) is 5.32 Å². The van der Waals surface area contributed by atoms with Gasteiger partial charge in [-0.05, 0) is 19.0 Å². The van der Waals surface area contributed by atoms with Crippen molar-refractivity contribution >= 4 is 0 Å². The molecule has 0 bridgehead atoms. The number of nitrogens with one attached hydrogen (secondary N) is 1. The first kappa shape index (κ1) is 18.2. The Labute approximate surface area is 130 Å². The summed E-state index contributed by atoms with van der Waals surface area (Å²) < 4.78 is 13.9. The maximum Gasteiger partial charge on any atom is 0.127 e. The number of hydrogen-bond donors (Lipinski definition) is 1. The second-order valence-corrected chi connectivity index (χ2v) is 5.90. The average Bonchev–Trinajstić information content (AvgIpc) is 2.49. The summed E-state index contributed by atoms with van der Waals surface area (Å²) in [6.07, 6.45) is 11.6. The number of hydrogen-bond acceptors (Lipinski definition) is 1. The topological polar surface area (TPSA) is 12.0 Å². The summed E-state index contributed by atoms with van der Waals surface area (Å²) >= 11 is 0. The summed E-state index contributed by atoms with van der Waals surface area (Å²) in [5.41, 5.74) is 0.822. The summed E-state index contributed by atoms with van der Waals surface area (Å²) in [6.45, 7) is 5.22. The van der Waals surface area contributed by atoms with Crippen LogP contribution in [0.1, 0.15) is 83.2 Å². The zero-order valence-corrected chi connectivity index (χ0v) is 13.8. The van der Waals surface area contributed by atoms with Gasteiger partial charge in [-0.3, -0.25) is 0 Å². The normalized spacial score (nSPS) is 12.5. The molecule has 0 aliphatic rings. The van der Waals surface area contributed by atoms with Crippen molar-refractivity contribution in [2.45, 2.75) is 77.7 Å². The molecule has 0 aromatic heterocycles. The number of rotatable bonds is 12. The van der Waals surface area contributed by atoms with Crippen LogP contribution in [0.4, 0.5) is 4.39 Å². The highest BCUT2D eigenvalue weighted by molar-refractivity contribution is 5.21. The molecule has 0 radical (unpaired) electrons. The van der Waals surface area contributed by atoms with Crippen LogP contribution in [0, 0.1) is 5.82 Å². The minimum absolute atomic E-state index is 0.0805. The molecule has 1 nitrogen and oxygen atoms in total. The van der Waals surface area contributed by atoms with Gasteiger partial charge in [0.25, 0.3) is 0 Å². The first-order valence-electron chi connectivity index (χ1n) is 8.77. The van der Waals surface area contributed by atoms with Crippen molar-refractivity contribution in [3.8, 4) is 0 Å². The van der Waals surface area contributed by atoms with Gasteiger partial charge in [0, 0.05) is 11.6 Å². The summed E-state index contributed by atoms with van der Waals surface area (Å²) in [6, 6.07) is 7.33. The third-order valence-corrected chi connectivity index (χ3v) is 4.08. The Balaban J connectivity index is 2.25. The first-order chi connectivity index (χ1) is 10.3. The Morgan fingerprint density at radius 2 is 1.52 bits per heavy atom. The molecule has 2 heteroatoms. The Morgan fingerprint density at radius 3 is 2.14 bits per heavy atom. The fourth-order valence-corrected chi connectivity index (χ4v) is 2.85. The molecule has 1 rings (SSSR count). The molecule has 0 heterocycles. The van der Waals surface area contributed by atoms with E-state index in [1.807, 2.05) is 12.1 Å². The molecule has 0 aliphatic heterocycles. The van der Waals surface area contributed by atoms with Gasteiger partial charge in [0.1, 0.15) is 5.82 Å². The smallest absolute Gasteiger partial charge is 0.127 e. The fourth-order valence-electron chi connectivity index (χ4n) is 2.85. The minimum atomic E-state index is -0.0805. The van der Waals surface area contributed by atoms with Crippen LogP contribution in [0.5, 0.6) is 0 Å². The predicted octanol–water partition coefficient (Wildman–Crippen LogP) is 6.01. The van der Waals surface area contributed by atoms with E-state index in [-0.39, 0.29) is 11.9 Å². The van der Waals surface area contributed by atoms with Crippen molar-refractivity contribution in [3.63, 3.8) is 0 Å². The van der Waals surface area contributed by atoms with Crippen LogP contribution < -0.4 is 5.32 Å². The van der Waals surface area contributed by atoms with Crippen molar-refractivity contribution < 1.29 is 4.39 Å². The molecular formula is C19H32FN. The fraction of sp³-hybridized carbons (Fsp3) is 0.684. The molecule has 0 spiro atoms. The van der Waals surface area contributed by atoms with E-state index >= 15 is 0 Å². The summed E-state index contributed by atoms with van der Waals surface area (Å²) in [5, 5.41) is 3.42. The van der Waals surface area contributed by atoms with Gasteiger partial charge in [-0.1, -0.05) is 83.4 Å². The van der Waals surface area contributed by atoms with E-state index < -0.39 is 0 Å². The van der Waals surface area contributed by atoms with E-state index in [2.05, 4.69) is 19.2 Å². The van der Waals surface area contributed by atoms with Gasteiger partial charge in [-0.15, -0.1) is 0 Å². The molecule has 1 aromatic rings. The second-order valence-electron chi connectivity index (χ2n) is 5.90. The number of unbranched alkanes of at least 4 members (excludes halogenated alkanes) is 7. The van der Waals surface area contributed by atoms with Gasteiger partial charge in [0.15, 0.2) is 0 Å². The van der Waals surface area contributed by atoms with Crippen LogP contribution in [0.3, 0.4) is 0 Å². The highest BCUT2D eigenvalue weighted by Gasteiger charge is 2.13. The Bertz CT molecular complexity index is 364. The number of halogens is 1. The van der Waals surface area contributed by atoms with Crippen LogP contribution in [-0.4, -0.2) is 6.54 Å². The molecule has 1 aromatic carbocycles. The maximum atomic E-state index is 13.9. The standard InChI is InChI=1S/C19H32FN/c1-3-5-6-7-8-9-10-11-16-19(21-4-2)17-14-12-13-15-18(17)20/h12-15,19,21H,3-11,16H2,1-2H3. The first-order valence-corrected chi connectivity index (χ1v) is 8.77. The van der Waals surface area contributed by atoms with Crippen LogP contribution in [-0.2, 0) is 0 Å². The summed E-state index contributed by atoms with van der Waals surface area (Å²) in [5.74, 6) is -0.0805. The Kier molecular flexibility index (Phi) is 10.1. The van der Waals surface area contributed by atoms with Gasteiger partial charge in [-0.25, -0.2) is 4.39 Å². The quantitative estimate of drug-likeness (QED) is 0.465. The highest BCUT2D eigenvalue weighted by atomic mass is 19.1. The van der Waals surface area contributed by atoms with Crippen LogP contribution >= 0.6 is 0 Å². The number of benzene rings is 1. The molecule has 0 fully saturated rings. The van der Waals surface area contributed by atoms with Gasteiger partial charge in [-0.2, -0.15) is 0 Å². The average molecular weight is 293 g/mol. The third-order valence-electron chi connectivity index (χ3n) is 4.08. The highest BCUT2D eigenvalue weighted by Crippen LogP contribution is 2.23. The van der Waals surface area contributed by atoms with Gasteiger partial charge in [0.05, 0.1) is 0 Å².